The van der Waals surface area contributed by atoms with E-state index in [0.29, 0.717) is 12.1 Å². The van der Waals surface area contributed by atoms with Crippen molar-refractivity contribution in [2.45, 2.75) is 13.3 Å². The van der Waals surface area contributed by atoms with Crippen molar-refractivity contribution in [3.63, 3.8) is 0 Å². The van der Waals surface area contributed by atoms with Crippen LogP contribution in [0.4, 0.5) is 5.69 Å². The number of para-hydroxylation sites is 1. The molecule has 1 amide bonds. The van der Waals surface area contributed by atoms with Crippen LogP contribution in [0.1, 0.15) is 13.3 Å². The first-order valence-electron chi connectivity index (χ1n) is 3.79. The van der Waals surface area contributed by atoms with Crippen molar-refractivity contribution >= 4 is 23.4 Å². The standard InChI is InChI=1S/C9H10ClNO/c1-2-9(12)11(10)8-6-4-3-5-7-8/h3-7H,2H2,1H3. The molecule has 1 aromatic carbocycles. The van der Waals surface area contributed by atoms with Crippen LogP contribution in [0.5, 0.6) is 0 Å². The van der Waals surface area contributed by atoms with Gasteiger partial charge in [-0.05, 0) is 12.1 Å². The molecule has 0 heterocycles. The van der Waals surface area contributed by atoms with Crippen molar-refractivity contribution in [2.75, 3.05) is 4.42 Å². The van der Waals surface area contributed by atoms with E-state index in [1.165, 1.54) is 0 Å². The van der Waals surface area contributed by atoms with E-state index < -0.39 is 0 Å². The van der Waals surface area contributed by atoms with E-state index in [2.05, 4.69) is 0 Å². The fourth-order valence-corrected chi connectivity index (χ4v) is 1.07. The minimum atomic E-state index is -0.0946. The Kier molecular flexibility index (Phi) is 3.11. The third-order valence-electron chi connectivity index (χ3n) is 1.50. The molecular formula is C9H10ClNO. The Morgan fingerprint density at radius 1 is 1.42 bits per heavy atom. The molecule has 0 aromatic heterocycles. The summed E-state index contributed by atoms with van der Waals surface area (Å²) in [6.07, 6.45) is 0.415. The molecule has 1 aromatic rings. The van der Waals surface area contributed by atoms with E-state index in [1.807, 2.05) is 18.2 Å². The SMILES string of the molecule is CCC(=O)N(Cl)c1ccccc1. The number of hydrogen-bond acceptors (Lipinski definition) is 1. The van der Waals surface area contributed by atoms with Gasteiger partial charge in [0.05, 0.1) is 5.69 Å². The molecule has 0 aliphatic carbocycles. The van der Waals surface area contributed by atoms with Crippen LogP contribution in [-0.4, -0.2) is 5.91 Å². The lowest BCUT2D eigenvalue weighted by Gasteiger charge is -2.11. The monoisotopic (exact) mass is 183 g/mol. The van der Waals surface area contributed by atoms with Gasteiger partial charge in [-0.3, -0.25) is 4.79 Å². The summed E-state index contributed by atoms with van der Waals surface area (Å²) in [5, 5.41) is 0. The molecule has 0 saturated heterocycles. The lowest BCUT2D eigenvalue weighted by molar-refractivity contribution is -0.117. The molecule has 3 heteroatoms. The Hall–Kier alpha value is -1.02. The molecule has 0 unspecified atom stereocenters. The van der Waals surface area contributed by atoms with Gasteiger partial charge in [-0.2, -0.15) is 0 Å². The second-order valence-electron chi connectivity index (χ2n) is 2.36. The smallest absolute Gasteiger partial charge is 0.241 e. The van der Waals surface area contributed by atoms with Crippen molar-refractivity contribution in [3.8, 4) is 0 Å². The summed E-state index contributed by atoms with van der Waals surface area (Å²) in [5.41, 5.74) is 0.714. The van der Waals surface area contributed by atoms with E-state index in [4.69, 9.17) is 11.8 Å². The predicted molar refractivity (Wildman–Crippen MR) is 50.1 cm³/mol. The maximum Gasteiger partial charge on any atom is 0.241 e. The number of amides is 1. The minimum Gasteiger partial charge on any atom is -0.273 e. The highest BCUT2D eigenvalue weighted by atomic mass is 35.5. The van der Waals surface area contributed by atoms with Crippen molar-refractivity contribution in [3.05, 3.63) is 30.3 Å². The molecule has 2 nitrogen and oxygen atoms in total. The quantitative estimate of drug-likeness (QED) is 0.646. The first-order chi connectivity index (χ1) is 5.75. The van der Waals surface area contributed by atoms with Gasteiger partial charge >= 0.3 is 0 Å². The second kappa shape index (κ2) is 4.12. The topological polar surface area (TPSA) is 20.3 Å². The molecule has 0 fully saturated rings. The van der Waals surface area contributed by atoms with E-state index in [1.54, 1.807) is 19.1 Å². The number of carbonyl (C=O) groups is 1. The van der Waals surface area contributed by atoms with Crippen molar-refractivity contribution in [1.82, 2.24) is 0 Å². The van der Waals surface area contributed by atoms with Crippen molar-refractivity contribution in [2.24, 2.45) is 0 Å². The van der Waals surface area contributed by atoms with Gasteiger partial charge in [0.2, 0.25) is 5.91 Å². The van der Waals surface area contributed by atoms with Gasteiger partial charge < -0.3 is 0 Å². The summed E-state index contributed by atoms with van der Waals surface area (Å²) in [7, 11) is 0. The van der Waals surface area contributed by atoms with Crippen LogP contribution >= 0.6 is 11.8 Å². The fraction of sp³-hybridized carbons (Fsp3) is 0.222. The van der Waals surface area contributed by atoms with Gasteiger partial charge in [0, 0.05) is 18.2 Å². The molecule has 0 spiro atoms. The molecule has 0 radical (unpaired) electrons. The van der Waals surface area contributed by atoms with E-state index in [9.17, 15) is 4.79 Å². The average molecular weight is 184 g/mol. The van der Waals surface area contributed by atoms with Crippen molar-refractivity contribution in [1.29, 1.82) is 0 Å². The second-order valence-corrected chi connectivity index (χ2v) is 2.70. The summed E-state index contributed by atoms with van der Waals surface area (Å²) >= 11 is 5.74. The molecule has 0 aliphatic rings. The van der Waals surface area contributed by atoms with Crippen LogP contribution in [-0.2, 0) is 4.79 Å². The van der Waals surface area contributed by atoms with E-state index in [0.717, 1.165) is 4.42 Å². The highest BCUT2D eigenvalue weighted by molar-refractivity contribution is 6.36. The molecule has 0 saturated carbocycles. The first-order valence-corrected chi connectivity index (χ1v) is 4.13. The van der Waals surface area contributed by atoms with Gasteiger partial charge in [0.25, 0.3) is 0 Å². The van der Waals surface area contributed by atoms with Crippen LogP contribution in [0, 0.1) is 0 Å². The first kappa shape index (κ1) is 9.07. The largest absolute Gasteiger partial charge is 0.273 e. The highest BCUT2D eigenvalue weighted by Crippen LogP contribution is 2.16. The summed E-state index contributed by atoms with van der Waals surface area (Å²) in [6.45, 7) is 1.78. The van der Waals surface area contributed by atoms with Crippen LogP contribution in [0.25, 0.3) is 0 Å². The molecule has 0 atom stereocenters. The van der Waals surface area contributed by atoms with Gasteiger partial charge in [0.15, 0.2) is 0 Å². The third kappa shape index (κ3) is 1.98. The number of halogens is 1. The van der Waals surface area contributed by atoms with E-state index in [-0.39, 0.29) is 5.91 Å². The number of hydrogen-bond donors (Lipinski definition) is 0. The zero-order valence-corrected chi connectivity index (χ0v) is 7.58. The summed E-state index contributed by atoms with van der Waals surface area (Å²) in [6, 6.07) is 9.15. The van der Waals surface area contributed by atoms with Crippen LogP contribution in [0.15, 0.2) is 30.3 Å². The summed E-state index contributed by atoms with van der Waals surface area (Å²) < 4.78 is 1.14. The Bertz CT molecular complexity index is 260. The molecule has 0 N–H and O–H groups in total. The van der Waals surface area contributed by atoms with Gasteiger partial charge in [-0.15, -0.1) is 0 Å². The lowest BCUT2D eigenvalue weighted by Crippen LogP contribution is -2.18. The van der Waals surface area contributed by atoms with Crippen molar-refractivity contribution < 1.29 is 4.79 Å². The maximum absolute atomic E-state index is 11.1. The Morgan fingerprint density at radius 3 is 2.50 bits per heavy atom. The Labute approximate surface area is 76.9 Å². The maximum atomic E-state index is 11.1. The third-order valence-corrected chi connectivity index (χ3v) is 1.89. The van der Waals surface area contributed by atoms with Gasteiger partial charge in [0.1, 0.15) is 0 Å². The summed E-state index contributed by atoms with van der Waals surface area (Å²) in [5.74, 6) is -0.0946. The molecular weight excluding hydrogens is 174 g/mol. The average Bonchev–Trinajstić information content (AvgIpc) is 2.17. The lowest BCUT2D eigenvalue weighted by atomic mass is 10.3. The van der Waals surface area contributed by atoms with E-state index >= 15 is 0 Å². The number of benzene rings is 1. The molecule has 0 bridgehead atoms. The number of carbonyl (C=O) groups excluding carboxylic acids is 1. The number of rotatable bonds is 2. The Balaban J connectivity index is 2.78. The predicted octanol–water partition coefficient (Wildman–Crippen LogP) is 2.58. The van der Waals surface area contributed by atoms with Crippen LogP contribution < -0.4 is 4.42 Å². The normalized spacial score (nSPS) is 9.50. The molecule has 0 aliphatic heterocycles. The Morgan fingerprint density at radius 2 is 2.00 bits per heavy atom. The number of anilines is 1. The zero-order valence-electron chi connectivity index (χ0n) is 6.83. The van der Waals surface area contributed by atoms with Crippen LogP contribution in [0.2, 0.25) is 0 Å². The van der Waals surface area contributed by atoms with Crippen LogP contribution in [0.3, 0.4) is 0 Å². The fourth-order valence-electron chi connectivity index (χ4n) is 0.842. The number of nitrogens with zero attached hydrogens (tertiary/aromatic N) is 1. The molecule has 1 rings (SSSR count). The highest BCUT2D eigenvalue weighted by Gasteiger charge is 2.09. The van der Waals surface area contributed by atoms with Gasteiger partial charge in [-0.1, -0.05) is 25.1 Å². The molecule has 12 heavy (non-hydrogen) atoms. The van der Waals surface area contributed by atoms with Gasteiger partial charge in [-0.25, -0.2) is 4.42 Å². The summed E-state index contributed by atoms with van der Waals surface area (Å²) in [4.78, 5) is 11.1. The zero-order chi connectivity index (χ0) is 8.97. The molecule has 64 valence electrons. The minimum absolute atomic E-state index is 0.0946.